The van der Waals surface area contributed by atoms with Gasteiger partial charge in [-0.05, 0) is 31.0 Å². The maximum atomic E-state index is 13.0. The number of nitrogens with zero attached hydrogens (tertiary/aromatic N) is 2. The molecule has 0 aliphatic rings. The van der Waals surface area contributed by atoms with Crippen LogP contribution < -0.4 is 14.8 Å². The molecule has 0 aromatic heterocycles. The summed E-state index contributed by atoms with van der Waals surface area (Å²) in [5.74, 6) is -0.493. The number of amides is 2. The van der Waals surface area contributed by atoms with E-state index in [-0.39, 0.29) is 36.2 Å². The van der Waals surface area contributed by atoms with Gasteiger partial charge in [0.15, 0.2) is 6.61 Å². The van der Waals surface area contributed by atoms with Crippen LogP contribution in [0.1, 0.15) is 25.8 Å². The minimum Gasteiger partial charge on any atom is -0.490 e. The molecular weight excluding hydrogens is 438 g/mol. The molecule has 0 saturated carbocycles. The van der Waals surface area contributed by atoms with Crippen LogP contribution in [0.25, 0.3) is 0 Å². The molecule has 0 radical (unpaired) electrons. The van der Waals surface area contributed by atoms with Crippen molar-refractivity contribution in [2.75, 3.05) is 20.3 Å². The predicted octanol–water partition coefficient (Wildman–Crippen LogP) is 3.58. The van der Waals surface area contributed by atoms with E-state index >= 15 is 0 Å². The smallest absolute Gasteiger partial charge is 0.311 e. The van der Waals surface area contributed by atoms with E-state index in [2.05, 4.69) is 5.32 Å². The summed E-state index contributed by atoms with van der Waals surface area (Å²) in [5.41, 5.74) is 0.474. The fraction of sp³-hybridized carbons (Fsp3) is 0.364. The van der Waals surface area contributed by atoms with Crippen molar-refractivity contribution in [3.8, 4) is 11.5 Å². The fourth-order valence-corrected chi connectivity index (χ4v) is 3.11. The zero-order chi connectivity index (χ0) is 23.7. The third kappa shape index (κ3) is 6.58. The molecule has 0 fully saturated rings. The Morgan fingerprint density at radius 1 is 1.25 bits per heavy atom. The number of methoxy groups -OCH3 is 1. The van der Waals surface area contributed by atoms with Crippen LogP contribution in [0.3, 0.4) is 0 Å². The minimum atomic E-state index is -0.764. The van der Waals surface area contributed by atoms with Crippen LogP contribution in [0.2, 0.25) is 5.02 Å². The number of hydrogen-bond acceptors (Lipinski definition) is 6. The number of nitro groups is 1. The summed E-state index contributed by atoms with van der Waals surface area (Å²) < 4.78 is 10.6. The summed E-state index contributed by atoms with van der Waals surface area (Å²) >= 11 is 6.25. The second-order valence-electron chi connectivity index (χ2n) is 6.96. The van der Waals surface area contributed by atoms with E-state index in [0.717, 1.165) is 6.42 Å². The highest BCUT2D eigenvalue weighted by atomic mass is 35.5. The van der Waals surface area contributed by atoms with E-state index in [1.165, 1.54) is 30.2 Å². The number of ether oxygens (including phenoxy) is 2. The minimum absolute atomic E-state index is 0.0141. The van der Waals surface area contributed by atoms with Gasteiger partial charge in [0.25, 0.3) is 5.91 Å². The Morgan fingerprint density at radius 3 is 2.59 bits per heavy atom. The number of benzene rings is 2. The molecule has 172 valence electrons. The standard InChI is InChI=1S/C22H26ClN3O6/c1-4-11-24-22(28)15(2)25(13-16-7-5-6-8-18(16)23)21(27)14-32-17-9-10-19(26(29)30)20(12-17)31-3/h5-10,12,15H,4,11,13-14H2,1-3H3,(H,24,28)/t15-/m0/s1. The number of carbonyl (C=O) groups is 2. The first kappa shape index (κ1) is 24.9. The first-order chi connectivity index (χ1) is 15.3. The van der Waals surface area contributed by atoms with Gasteiger partial charge in [0, 0.05) is 30.2 Å². The van der Waals surface area contributed by atoms with Crippen LogP contribution in [-0.4, -0.2) is 47.9 Å². The summed E-state index contributed by atoms with van der Waals surface area (Å²) in [4.78, 5) is 37.4. The van der Waals surface area contributed by atoms with Crippen molar-refractivity contribution in [1.29, 1.82) is 0 Å². The molecule has 2 aromatic rings. The molecule has 2 aromatic carbocycles. The monoisotopic (exact) mass is 463 g/mol. The molecule has 0 spiro atoms. The maximum absolute atomic E-state index is 13.0. The van der Waals surface area contributed by atoms with Gasteiger partial charge in [-0.25, -0.2) is 0 Å². The van der Waals surface area contributed by atoms with Crippen molar-refractivity contribution < 1.29 is 24.0 Å². The summed E-state index contributed by atoms with van der Waals surface area (Å²) in [6.07, 6.45) is 0.766. The molecule has 32 heavy (non-hydrogen) atoms. The molecule has 0 saturated heterocycles. The molecule has 0 aliphatic carbocycles. The summed E-state index contributed by atoms with van der Waals surface area (Å²) in [5, 5.41) is 14.3. The topological polar surface area (TPSA) is 111 Å². The molecule has 0 unspecified atom stereocenters. The first-order valence-electron chi connectivity index (χ1n) is 10.0. The Kier molecular flexibility index (Phi) is 9.27. The zero-order valence-electron chi connectivity index (χ0n) is 18.2. The quantitative estimate of drug-likeness (QED) is 0.402. The van der Waals surface area contributed by atoms with Crippen molar-refractivity contribution >= 4 is 29.1 Å². The first-order valence-corrected chi connectivity index (χ1v) is 10.4. The van der Waals surface area contributed by atoms with Gasteiger partial charge < -0.3 is 19.7 Å². The van der Waals surface area contributed by atoms with E-state index in [1.807, 2.05) is 6.92 Å². The Labute approximate surface area is 191 Å². The Hall–Kier alpha value is -3.33. The second-order valence-corrected chi connectivity index (χ2v) is 7.37. The van der Waals surface area contributed by atoms with Gasteiger partial charge in [0.1, 0.15) is 11.8 Å². The maximum Gasteiger partial charge on any atom is 0.311 e. The normalized spacial score (nSPS) is 11.4. The van der Waals surface area contributed by atoms with Crippen molar-refractivity contribution in [2.24, 2.45) is 0 Å². The van der Waals surface area contributed by atoms with Crippen molar-refractivity contribution in [1.82, 2.24) is 10.2 Å². The van der Waals surface area contributed by atoms with Gasteiger partial charge in [0.05, 0.1) is 12.0 Å². The van der Waals surface area contributed by atoms with Crippen molar-refractivity contribution in [3.63, 3.8) is 0 Å². The molecule has 0 heterocycles. The van der Waals surface area contributed by atoms with Gasteiger partial charge in [-0.2, -0.15) is 0 Å². The van der Waals surface area contributed by atoms with E-state index in [4.69, 9.17) is 21.1 Å². The lowest BCUT2D eigenvalue weighted by atomic mass is 10.1. The Morgan fingerprint density at radius 2 is 1.97 bits per heavy atom. The number of nitro benzene ring substituents is 1. The average molecular weight is 464 g/mol. The Balaban J connectivity index is 2.19. The third-order valence-electron chi connectivity index (χ3n) is 4.73. The van der Waals surface area contributed by atoms with Gasteiger partial charge >= 0.3 is 5.69 Å². The molecule has 1 atom stereocenters. The highest BCUT2D eigenvalue weighted by Crippen LogP contribution is 2.30. The average Bonchev–Trinajstić information content (AvgIpc) is 2.79. The number of carbonyl (C=O) groups excluding carboxylic acids is 2. The molecule has 9 nitrogen and oxygen atoms in total. The molecule has 10 heteroatoms. The highest BCUT2D eigenvalue weighted by molar-refractivity contribution is 6.31. The predicted molar refractivity (Wildman–Crippen MR) is 120 cm³/mol. The fourth-order valence-electron chi connectivity index (χ4n) is 2.92. The molecule has 1 N–H and O–H groups in total. The lowest BCUT2D eigenvalue weighted by molar-refractivity contribution is -0.385. The van der Waals surface area contributed by atoms with E-state index in [9.17, 15) is 19.7 Å². The molecular formula is C22H26ClN3O6. The second kappa shape index (κ2) is 11.9. The summed E-state index contributed by atoms with van der Waals surface area (Å²) in [6, 6.07) is 10.3. The van der Waals surface area contributed by atoms with Gasteiger partial charge in [-0.1, -0.05) is 36.7 Å². The summed E-state index contributed by atoms with van der Waals surface area (Å²) in [7, 11) is 1.30. The lowest BCUT2D eigenvalue weighted by Crippen LogP contribution is -2.49. The number of rotatable bonds is 11. The zero-order valence-corrected chi connectivity index (χ0v) is 18.9. The number of halogens is 1. The SMILES string of the molecule is CCCNC(=O)[C@H](C)N(Cc1ccccc1Cl)C(=O)COc1ccc([N+](=O)[O-])c(OC)c1. The van der Waals surface area contributed by atoms with Gasteiger partial charge in [0.2, 0.25) is 11.7 Å². The lowest BCUT2D eigenvalue weighted by Gasteiger charge is -2.29. The van der Waals surface area contributed by atoms with Crippen molar-refractivity contribution in [3.05, 3.63) is 63.2 Å². The molecule has 0 aliphatic heterocycles. The summed E-state index contributed by atoms with van der Waals surface area (Å²) in [6.45, 7) is 3.80. The molecule has 0 bridgehead atoms. The number of nitrogens with one attached hydrogen (secondary N) is 1. The van der Waals surface area contributed by atoms with Crippen LogP contribution in [-0.2, 0) is 16.1 Å². The van der Waals surface area contributed by atoms with E-state index in [0.29, 0.717) is 17.1 Å². The van der Waals surface area contributed by atoms with Crippen LogP contribution >= 0.6 is 11.6 Å². The number of hydrogen-bond donors (Lipinski definition) is 1. The Bertz CT molecular complexity index is 968. The molecule has 2 rings (SSSR count). The van der Waals surface area contributed by atoms with Gasteiger partial charge in [-0.3, -0.25) is 19.7 Å². The van der Waals surface area contributed by atoms with E-state index in [1.54, 1.807) is 31.2 Å². The highest BCUT2D eigenvalue weighted by Gasteiger charge is 2.27. The third-order valence-corrected chi connectivity index (χ3v) is 5.09. The van der Waals surface area contributed by atoms with Crippen LogP contribution in [0.5, 0.6) is 11.5 Å². The van der Waals surface area contributed by atoms with E-state index < -0.39 is 16.9 Å². The van der Waals surface area contributed by atoms with Crippen LogP contribution in [0.15, 0.2) is 42.5 Å². The van der Waals surface area contributed by atoms with Gasteiger partial charge in [-0.15, -0.1) is 0 Å². The van der Waals surface area contributed by atoms with Crippen molar-refractivity contribution in [2.45, 2.75) is 32.9 Å². The largest absolute Gasteiger partial charge is 0.490 e. The van der Waals surface area contributed by atoms with Crippen LogP contribution in [0, 0.1) is 10.1 Å². The molecule has 2 amide bonds. The van der Waals surface area contributed by atoms with Crippen LogP contribution in [0.4, 0.5) is 5.69 Å².